The highest BCUT2D eigenvalue weighted by Gasteiger charge is 2.33. The molecule has 5 nitrogen and oxygen atoms in total. The number of carbonyl (C=O) groups is 2. The first-order valence-corrected chi connectivity index (χ1v) is 6.37. The SMILES string of the molecule is CCOC1CC(NC(=O)C2CCC(=O)NC2)C1. The van der Waals surface area contributed by atoms with Crippen molar-refractivity contribution < 1.29 is 14.3 Å². The number of ether oxygens (including phenoxy) is 1. The van der Waals surface area contributed by atoms with E-state index in [4.69, 9.17) is 4.74 Å². The Morgan fingerprint density at radius 3 is 2.88 bits per heavy atom. The first-order valence-electron chi connectivity index (χ1n) is 6.37. The zero-order chi connectivity index (χ0) is 12.3. The molecule has 1 unspecified atom stereocenters. The third-order valence-electron chi connectivity index (χ3n) is 3.48. The van der Waals surface area contributed by atoms with Crippen LogP contribution in [0.5, 0.6) is 0 Å². The van der Waals surface area contributed by atoms with Gasteiger partial charge in [0.15, 0.2) is 0 Å². The summed E-state index contributed by atoms with van der Waals surface area (Å²) in [6, 6.07) is 0.261. The molecule has 1 saturated heterocycles. The average molecular weight is 240 g/mol. The van der Waals surface area contributed by atoms with Crippen LogP contribution < -0.4 is 10.6 Å². The Balaban J connectivity index is 1.66. The molecule has 17 heavy (non-hydrogen) atoms. The van der Waals surface area contributed by atoms with Gasteiger partial charge in [0.05, 0.1) is 12.0 Å². The van der Waals surface area contributed by atoms with Crippen molar-refractivity contribution in [3.05, 3.63) is 0 Å². The lowest BCUT2D eigenvalue weighted by Gasteiger charge is -2.36. The molecular formula is C12H20N2O3. The summed E-state index contributed by atoms with van der Waals surface area (Å²) in [6.45, 7) is 3.20. The summed E-state index contributed by atoms with van der Waals surface area (Å²) in [5.74, 6) is 0.0675. The summed E-state index contributed by atoms with van der Waals surface area (Å²) in [5.41, 5.74) is 0. The van der Waals surface area contributed by atoms with Gasteiger partial charge in [-0.3, -0.25) is 9.59 Å². The van der Waals surface area contributed by atoms with E-state index in [2.05, 4.69) is 10.6 Å². The maximum atomic E-state index is 11.9. The maximum Gasteiger partial charge on any atom is 0.225 e. The van der Waals surface area contributed by atoms with Crippen LogP contribution in [0.4, 0.5) is 0 Å². The molecule has 2 aliphatic rings. The summed E-state index contributed by atoms with van der Waals surface area (Å²) in [5, 5.41) is 5.75. The molecular weight excluding hydrogens is 220 g/mol. The molecule has 0 spiro atoms. The van der Waals surface area contributed by atoms with Crippen molar-refractivity contribution in [3.8, 4) is 0 Å². The van der Waals surface area contributed by atoms with Crippen LogP contribution in [0, 0.1) is 5.92 Å². The van der Waals surface area contributed by atoms with Gasteiger partial charge < -0.3 is 15.4 Å². The minimum absolute atomic E-state index is 0.0501. The Hall–Kier alpha value is -1.10. The van der Waals surface area contributed by atoms with Gasteiger partial charge in [0.25, 0.3) is 0 Å². The van der Waals surface area contributed by atoms with Gasteiger partial charge in [-0.2, -0.15) is 0 Å². The second kappa shape index (κ2) is 5.49. The predicted molar refractivity (Wildman–Crippen MR) is 62.3 cm³/mol. The van der Waals surface area contributed by atoms with E-state index in [-0.39, 0.29) is 23.8 Å². The number of hydrogen-bond donors (Lipinski definition) is 2. The molecule has 1 aliphatic heterocycles. The van der Waals surface area contributed by atoms with Gasteiger partial charge >= 0.3 is 0 Å². The van der Waals surface area contributed by atoms with Gasteiger partial charge in [-0.1, -0.05) is 0 Å². The van der Waals surface area contributed by atoms with Gasteiger partial charge in [0.2, 0.25) is 11.8 Å². The fourth-order valence-corrected chi connectivity index (χ4v) is 2.33. The van der Waals surface area contributed by atoms with Gasteiger partial charge in [-0.05, 0) is 26.2 Å². The predicted octanol–water partition coefficient (Wildman–Crippen LogP) is 0.196. The minimum atomic E-state index is -0.0566. The van der Waals surface area contributed by atoms with Gasteiger partial charge in [-0.25, -0.2) is 0 Å². The van der Waals surface area contributed by atoms with Crippen LogP contribution in [0.1, 0.15) is 32.6 Å². The van der Waals surface area contributed by atoms with Crippen LogP contribution in [-0.4, -0.2) is 37.1 Å². The van der Waals surface area contributed by atoms with Crippen molar-refractivity contribution in [1.82, 2.24) is 10.6 Å². The zero-order valence-corrected chi connectivity index (χ0v) is 10.2. The number of amides is 2. The maximum absolute atomic E-state index is 11.9. The van der Waals surface area contributed by atoms with E-state index in [0.717, 1.165) is 19.4 Å². The quantitative estimate of drug-likeness (QED) is 0.737. The largest absolute Gasteiger partial charge is 0.378 e. The molecule has 2 amide bonds. The normalized spacial score (nSPS) is 32.5. The van der Waals surface area contributed by atoms with Crippen molar-refractivity contribution in [2.24, 2.45) is 5.92 Å². The fourth-order valence-electron chi connectivity index (χ4n) is 2.33. The van der Waals surface area contributed by atoms with Crippen molar-refractivity contribution in [2.75, 3.05) is 13.2 Å². The summed E-state index contributed by atoms with van der Waals surface area (Å²) in [4.78, 5) is 22.8. The molecule has 2 fully saturated rings. The fraction of sp³-hybridized carbons (Fsp3) is 0.833. The van der Waals surface area contributed by atoms with E-state index in [9.17, 15) is 9.59 Å². The molecule has 0 aromatic carbocycles. The number of rotatable bonds is 4. The van der Waals surface area contributed by atoms with E-state index in [0.29, 0.717) is 25.5 Å². The van der Waals surface area contributed by atoms with Crippen LogP contribution in [0.3, 0.4) is 0 Å². The molecule has 2 N–H and O–H groups in total. The molecule has 0 aromatic rings. The van der Waals surface area contributed by atoms with E-state index in [1.165, 1.54) is 0 Å². The lowest BCUT2D eigenvalue weighted by Crippen LogP contribution is -2.51. The topological polar surface area (TPSA) is 67.4 Å². The summed E-state index contributed by atoms with van der Waals surface area (Å²) in [7, 11) is 0. The van der Waals surface area contributed by atoms with Gasteiger partial charge in [0, 0.05) is 25.6 Å². The standard InChI is InChI=1S/C12H20N2O3/c1-2-17-10-5-9(6-10)14-12(16)8-3-4-11(15)13-7-8/h8-10H,2-7H2,1H3,(H,13,15)(H,14,16). The number of hydrogen-bond acceptors (Lipinski definition) is 3. The minimum Gasteiger partial charge on any atom is -0.378 e. The van der Waals surface area contributed by atoms with Crippen LogP contribution in [-0.2, 0) is 14.3 Å². The van der Waals surface area contributed by atoms with Crippen LogP contribution >= 0.6 is 0 Å². The summed E-state index contributed by atoms with van der Waals surface area (Å²) in [6.07, 6.45) is 3.28. The lowest BCUT2D eigenvalue weighted by molar-refractivity contribution is -0.130. The Bertz CT molecular complexity index is 290. The highest BCUT2D eigenvalue weighted by Crippen LogP contribution is 2.24. The molecule has 96 valence electrons. The second-order valence-electron chi connectivity index (χ2n) is 4.79. The average Bonchev–Trinajstić information content (AvgIpc) is 2.27. The molecule has 1 atom stereocenters. The molecule has 1 aliphatic carbocycles. The monoisotopic (exact) mass is 240 g/mol. The Morgan fingerprint density at radius 2 is 2.29 bits per heavy atom. The number of nitrogens with one attached hydrogen (secondary N) is 2. The molecule has 0 bridgehead atoms. The Labute approximate surface area is 101 Å². The molecule has 2 rings (SSSR count). The third kappa shape index (κ3) is 3.19. The highest BCUT2D eigenvalue weighted by atomic mass is 16.5. The first kappa shape index (κ1) is 12.4. The highest BCUT2D eigenvalue weighted by molar-refractivity contribution is 5.83. The van der Waals surface area contributed by atoms with E-state index < -0.39 is 0 Å². The Morgan fingerprint density at radius 1 is 1.53 bits per heavy atom. The van der Waals surface area contributed by atoms with Crippen molar-refractivity contribution in [1.29, 1.82) is 0 Å². The summed E-state index contributed by atoms with van der Waals surface area (Å²) < 4.78 is 5.44. The first-order chi connectivity index (χ1) is 8.19. The smallest absolute Gasteiger partial charge is 0.225 e. The van der Waals surface area contributed by atoms with Crippen LogP contribution in [0.15, 0.2) is 0 Å². The van der Waals surface area contributed by atoms with Crippen molar-refractivity contribution in [2.45, 2.75) is 44.8 Å². The third-order valence-corrected chi connectivity index (χ3v) is 3.48. The van der Waals surface area contributed by atoms with Gasteiger partial charge in [0.1, 0.15) is 0 Å². The molecule has 1 heterocycles. The van der Waals surface area contributed by atoms with E-state index in [1.807, 2.05) is 6.92 Å². The van der Waals surface area contributed by atoms with Crippen LogP contribution in [0.2, 0.25) is 0 Å². The number of carbonyl (C=O) groups excluding carboxylic acids is 2. The second-order valence-corrected chi connectivity index (χ2v) is 4.79. The zero-order valence-electron chi connectivity index (χ0n) is 10.2. The van der Waals surface area contributed by atoms with Crippen LogP contribution in [0.25, 0.3) is 0 Å². The molecule has 1 saturated carbocycles. The van der Waals surface area contributed by atoms with E-state index >= 15 is 0 Å². The molecule has 5 heteroatoms. The van der Waals surface area contributed by atoms with Gasteiger partial charge in [-0.15, -0.1) is 0 Å². The molecule has 0 radical (unpaired) electrons. The van der Waals surface area contributed by atoms with Crippen molar-refractivity contribution in [3.63, 3.8) is 0 Å². The number of piperidine rings is 1. The van der Waals surface area contributed by atoms with Crippen molar-refractivity contribution >= 4 is 11.8 Å². The molecule has 0 aromatic heterocycles. The Kier molecular flexibility index (Phi) is 3.99. The summed E-state index contributed by atoms with van der Waals surface area (Å²) >= 11 is 0. The lowest BCUT2D eigenvalue weighted by atomic mass is 9.88. The van der Waals surface area contributed by atoms with E-state index in [1.54, 1.807) is 0 Å².